The van der Waals surface area contributed by atoms with Gasteiger partial charge in [-0.15, -0.1) is 0 Å². The summed E-state index contributed by atoms with van der Waals surface area (Å²) in [5.41, 5.74) is 0.466. The lowest BCUT2D eigenvalue weighted by Crippen LogP contribution is -2.48. The third-order valence-electron chi connectivity index (χ3n) is 2.69. The zero-order valence-corrected chi connectivity index (χ0v) is 11.8. The summed E-state index contributed by atoms with van der Waals surface area (Å²) < 4.78 is 7.97. The van der Waals surface area contributed by atoms with E-state index in [-0.39, 0.29) is 18.1 Å². The molecule has 1 aliphatic heterocycles. The minimum atomic E-state index is -0.0422. The third kappa shape index (κ3) is 2.69. The fraction of sp³-hybridized carbons (Fsp3) is 0.636. The first-order chi connectivity index (χ1) is 7.97. The topological polar surface area (TPSA) is 47.4 Å². The molecule has 0 N–H and O–H groups in total. The zero-order chi connectivity index (χ0) is 12.6. The van der Waals surface area contributed by atoms with Gasteiger partial charge in [0.25, 0.3) is 5.91 Å². The summed E-state index contributed by atoms with van der Waals surface area (Å²) in [6.07, 6.45) is 1.93. The van der Waals surface area contributed by atoms with E-state index in [2.05, 4.69) is 21.0 Å². The second kappa shape index (κ2) is 4.78. The summed E-state index contributed by atoms with van der Waals surface area (Å²) in [6, 6.07) is 0. The minimum Gasteiger partial charge on any atom is -0.372 e. The lowest BCUT2D eigenvalue weighted by molar-refractivity contribution is -0.0587. The van der Waals surface area contributed by atoms with E-state index in [1.54, 1.807) is 22.8 Å². The van der Waals surface area contributed by atoms with E-state index in [1.807, 2.05) is 13.8 Å². The van der Waals surface area contributed by atoms with Gasteiger partial charge in [0.05, 0.1) is 16.7 Å². The zero-order valence-electron chi connectivity index (χ0n) is 10.2. The molecule has 1 aromatic heterocycles. The fourth-order valence-corrected chi connectivity index (χ4v) is 2.64. The van der Waals surface area contributed by atoms with E-state index >= 15 is 0 Å². The molecule has 0 aliphatic carbocycles. The molecule has 6 heteroatoms. The van der Waals surface area contributed by atoms with Gasteiger partial charge in [-0.05, 0) is 29.8 Å². The molecule has 94 valence electrons. The van der Waals surface area contributed by atoms with Crippen LogP contribution in [0.2, 0.25) is 0 Å². The van der Waals surface area contributed by atoms with Gasteiger partial charge < -0.3 is 9.64 Å². The van der Waals surface area contributed by atoms with Crippen molar-refractivity contribution in [3.05, 3.63) is 16.4 Å². The van der Waals surface area contributed by atoms with Crippen molar-refractivity contribution < 1.29 is 9.53 Å². The second-order valence-electron chi connectivity index (χ2n) is 4.47. The molecule has 2 heterocycles. The van der Waals surface area contributed by atoms with Crippen molar-refractivity contribution in [3.63, 3.8) is 0 Å². The number of aromatic nitrogens is 2. The summed E-state index contributed by atoms with van der Waals surface area (Å²) in [4.78, 5) is 14.1. The largest absolute Gasteiger partial charge is 0.372 e. The molecule has 1 aromatic rings. The second-order valence-corrected chi connectivity index (χ2v) is 5.32. The summed E-state index contributed by atoms with van der Waals surface area (Å²) in [5, 5.41) is 4.17. The highest BCUT2D eigenvalue weighted by atomic mass is 79.9. The van der Waals surface area contributed by atoms with Crippen LogP contribution in [0, 0.1) is 0 Å². The van der Waals surface area contributed by atoms with Crippen molar-refractivity contribution in [1.82, 2.24) is 14.7 Å². The predicted molar refractivity (Wildman–Crippen MR) is 66.8 cm³/mol. The van der Waals surface area contributed by atoms with Crippen LogP contribution < -0.4 is 0 Å². The summed E-state index contributed by atoms with van der Waals surface area (Å²) in [7, 11) is 1.80. The molecular weight excluding hydrogens is 286 g/mol. The Kier molecular flexibility index (Phi) is 3.53. The lowest BCUT2D eigenvalue weighted by Gasteiger charge is -2.34. The number of ether oxygens (including phenoxy) is 1. The predicted octanol–water partition coefficient (Wildman–Crippen LogP) is 1.43. The van der Waals surface area contributed by atoms with Gasteiger partial charge in [-0.3, -0.25) is 9.48 Å². The number of nitrogens with zero attached hydrogens (tertiary/aromatic N) is 3. The molecule has 0 spiro atoms. The van der Waals surface area contributed by atoms with Crippen LogP contribution in [0.25, 0.3) is 0 Å². The van der Waals surface area contributed by atoms with Gasteiger partial charge >= 0.3 is 0 Å². The van der Waals surface area contributed by atoms with Gasteiger partial charge in [0.2, 0.25) is 0 Å². The maximum absolute atomic E-state index is 12.3. The molecule has 2 rings (SSSR count). The van der Waals surface area contributed by atoms with Gasteiger partial charge in [0, 0.05) is 26.3 Å². The van der Waals surface area contributed by atoms with Crippen molar-refractivity contribution in [2.24, 2.45) is 7.05 Å². The highest BCUT2D eigenvalue weighted by Gasteiger charge is 2.28. The average molecular weight is 302 g/mol. The molecule has 2 atom stereocenters. The summed E-state index contributed by atoms with van der Waals surface area (Å²) in [5.74, 6) is -0.0422. The van der Waals surface area contributed by atoms with Crippen LogP contribution in [0.5, 0.6) is 0 Å². The maximum atomic E-state index is 12.3. The van der Waals surface area contributed by atoms with Crippen LogP contribution in [0.15, 0.2) is 10.7 Å². The number of amides is 1. The van der Waals surface area contributed by atoms with E-state index in [0.717, 1.165) is 4.47 Å². The summed E-state index contributed by atoms with van der Waals surface area (Å²) >= 11 is 3.35. The van der Waals surface area contributed by atoms with Crippen molar-refractivity contribution in [3.8, 4) is 0 Å². The molecular formula is C11H16BrN3O2. The molecule has 0 unspecified atom stereocenters. The van der Waals surface area contributed by atoms with Crippen LogP contribution in [0.3, 0.4) is 0 Å². The standard InChI is InChI=1S/C11H16BrN3O2/c1-7-4-15(5-8(2)17-7)11(16)10-9(12)6-14(3)13-10/h6-8H,4-5H2,1-3H3/t7-,8-/m1/s1. The number of hydrogen-bond donors (Lipinski definition) is 0. The van der Waals surface area contributed by atoms with Crippen molar-refractivity contribution in [1.29, 1.82) is 0 Å². The molecule has 0 bridgehead atoms. The number of carbonyl (C=O) groups excluding carboxylic acids is 1. The van der Waals surface area contributed by atoms with E-state index in [4.69, 9.17) is 4.74 Å². The average Bonchev–Trinajstić information content (AvgIpc) is 2.55. The van der Waals surface area contributed by atoms with Crippen molar-refractivity contribution in [2.45, 2.75) is 26.1 Å². The van der Waals surface area contributed by atoms with Crippen LogP contribution in [-0.2, 0) is 11.8 Å². The Labute approximate surface area is 109 Å². The Morgan fingerprint density at radius 1 is 1.47 bits per heavy atom. The van der Waals surface area contributed by atoms with Crippen LogP contribution in [0.4, 0.5) is 0 Å². The first kappa shape index (κ1) is 12.6. The normalized spacial score (nSPS) is 25.1. The quantitative estimate of drug-likeness (QED) is 0.788. The number of rotatable bonds is 1. The van der Waals surface area contributed by atoms with Crippen molar-refractivity contribution in [2.75, 3.05) is 13.1 Å². The lowest BCUT2D eigenvalue weighted by atomic mass is 10.2. The van der Waals surface area contributed by atoms with Crippen LogP contribution >= 0.6 is 15.9 Å². The van der Waals surface area contributed by atoms with E-state index in [1.165, 1.54) is 0 Å². The SMILES string of the molecule is C[C@@H]1CN(C(=O)c2nn(C)cc2Br)C[C@@H](C)O1. The third-order valence-corrected chi connectivity index (χ3v) is 3.27. The molecule has 0 radical (unpaired) electrons. The van der Waals surface area contributed by atoms with Gasteiger partial charge in [-0.1, -0.05) is 0 Å². The fourth-order valence-electron chi connectivity index (χ4n) is 2.10. The Morgan fingerprint density at radius 3 is 2.53 bits per heavy atom. The van der Waals surface area contributed by atoms with Gasteiger partial charge in [-0.2, -0.15) is 5.10 Å². The molecule has 1 amide bonds. The molecule has 1 saturated heterocycles. The Balaban J connectivity index is 2.17. The minimum absolute atomic E-state index is 0.0422. The first-order valence-electron chi connectivity index (χ1n) is 5.61. The Morgan fingerprint density at radius 2 is 2.06 bits per heavy atom. The van der Waals surface area contributed by atoms with Crippen LogP contribution in [0.1, 0.15) is 24.3 Å². The van der Waals surface area contributed by atoms with Crippen LogP contribution in [-0.4, -0.2) is 45.9 Å². The Bertz CT molecular complexity index is 422. The van der Waals surface area contributed by atoms with Gasteiger partial charge in [0.1, 0.15) is 0 Å². The number of halogens is 1. The summed E-state index contributed by atoms with van der Waals surface area (Å²) in [6.45, 7) is 5.19. The number of carbonyl (C=O) groups is 1. The smallest absolute Gasteiger partial charge is 0.275 e. The molecule has 17 heavy (non-hydrogen) atoms. The number of hydrogen-bond acceptors (Lipinski definition) is 3. The molecule has 1 fully saturated rings. The molecule has 1 aliphatic rings. The first-order valence-corrected chi connectivity index (χ1v) is 6.40. The van der Waals surface area contributed by atoms with Gasteiger partial charge in [-0.25, -0.2) is 0 Å². The van der Waals surface area contributed by atoms with Gasteiger partial charge in [0.15, 0.2) is 5.69 Å². The molecule has 0 saturated carbocycles. The Hall–Kier alpha value is -0.880. The van der Waals surface area contributed by atoms with E-state index < -0.39 is 0 Å². The number of morpholine rings is 1. The monoisotopic (exact) mass is 301 g/mol. The maximum Gasteiger partial charge on any atom is 0.275 e. The molecule has 0 aromatic carbocycles. The van der Waals surface area contributed by atoms with Crippen molar-refractivity contribution >= 4 is 21.8 Å². The highest BCUT2D eigenvalue weighted by Crippen LogP contribution is 2.19. The van der Waals surface area contributed by atoms with E-state index in [9.17, 15) is 4.79 Å². The highest BCUT2D eigenvalue weighted by molar-refractivity contribution is 9.10. The van der Waals surface area contributed by atoms with E-state index in [0.29, 0.717) is 18.8 Å². The molecule has 5 nitrogen and oxygen atoms in total. The number of aryl methyl sites for hydroxylation is 1.